The van der Waals surface area contributed by atoms with E-state index < -0.39 is 26.5 Å². The molecule has 0 aromatic rings. The van der Waals surface area contributed by atoms with Crippen molar-refractivity contribution in [2.45, 2.75) is 168 Å². The lowest BCUT2D eigenvalue weighted by Gasteiger charge is -2.24. The Morgan fingerprint density at radius 1 is 0.600 bits per heavy atom. The smallest absolute Gasteiger partial charge is 0.462 e. The number of hydrogen-bond donors (Lipinski definition) is 1. The fraction of sp³-hybridized carbons (Fsp3) is 0.943. The van der Waals surface area contributed by atoms with Crippen molar-refractivity contribution in [3.05, 3.63) is 0 Å². The number of rotatable bonds is 33. The molecule has 1 unspecified atom stereocenters. The second-order valence-electron chi connectivity index (χ2n) is 13.6. The van der Waals surface area contributed by atoms with Gasteiger partial charge < -0.3 is 18.9 Å². The molecular formula is C35H71NO8P+. The Labute approximate surface area is 276 Å². The number of phosphoric ester groups is 1. The first-order valence-electron chi connectivity index (χ1n) is 18.3. The van der Waals surface area contributed by atoms with Gasteiger partial charge in [0.25, 0.3) is 0 Å². The molecule has 10 heteroatoms. The lowest BCUT2D eigenvalue weighted by atomic mass is 10.0. The van der Waals surface area contributed by atoms with E-state index in [9.17, 15) is 19.0 Å². The van der Waals surface area contributed by atoms with E-state index in [4.69, 9.17) is 18.5 Å². The number of ether oxygens (including phenoxy) is 2. The van der Waals surface area contributed by atoms with E-state index in [1.807, 2.05) is 21.1 Å². The molecule has 0 bridgehead atoms. The Balaban J connectivity index is 4.43. The van der Waals surface area contributed by atoms with E-state index in [2.05, 4.69) is 13.8 Å². The van der Waals surface area contributed by atoms with Gasteiger partial charge in [-0.25, -0.2) is 4.57 Å². The summed E-state index contributed by atoms with van der Waals surface area (Å²) in [4.78, 5) is 35.0. The van der Waals surface area contributed by atoms with E-state index in [1.165, 1.54) is 96.3 Å². The molecule has 0 aromatic carbocycles. The van der Waals surface area contributed by atoms with Crippen LogP contribution < -0.4 is 0 Å². The normalized spacial score (nSPS) is 13.8. The zero-order valence-corrected chi connectivity index (χ0v) is 30.8. The fourth-order valence-electron chi connectivity index (χ4n) is 4.95. The van der Waals surface area contributed by atoms with Gasteiger partial charge >= 0.3 is 19.8 Å². The van der Waals surface area contributed by atoms with E-state index >= 15 is 0 Å². The number of likely N-dealkylation sites (N-methyl/N-ethyl adjacent to an activating group) is 1. The van der Waals surface area contributed by atoms with Gasteiger partial charge in [-0.2, -0.15) is 0 Å². The van der Waals surface area contributed by atoms with Gasteiger partial charge in [-0.15, -0.1) is 0 Å². The number of quaternary nitrogens is 1. The van der Waals surface area contributed by atoms with E-state index in [1.54, 1.807) is 0 Å². The molecule has 9 nitrogen and oxygen atoms in total. The molecule has 0 amide bonds. The summed E-state index contributed by atoms with van der Waals surface area (Å²) in [7, 11) is 1.49. The van der Waals surface area contributed by atoms with Crippen LogP contribution in [0, 0.1) is 0 Å². The average molecular weight is 665 g/mol. The van der Waals surface area contributed by atoms with Crippen molar-refractivity contribution >= 4 is 19.8 Å². The third kappa shape index (κ3) is 32.7. The van der Waals surface area contributed by atoms with Crippen molar-refractivity contribution in [3.8, 4) is 0 Å². The highest BCUT2D eigenvalue weighted by molar-refractivity contribution is 7.47. The molecule has 2 atom stereocenters. The number of carbonyl (C=O) groups excluding carboxylic acids is 2. The van der Waals surface area contributed by atoms with Crippen LogP contribution in [-0.2, 0) is 32.7 Å². The second-order valence-corrected chi connectivity index (χ2v) is 15.1. The summed E-state index contributed by atoms with van der Waals surface area (Å²) in [5, 5.41) is 0. The van der Waals surface area contributed by atoms with Crippen molar-refractivity contribution in [1.82, 2.24) is 0 Å². The summed E-state index contributed by atoms with van der Waals surface area (Å²) in [5.41, 5.74) is 0. The quantitative estimate of drug-likeness (QED) is 0.0320. The van der Waals surface area contributed by atoms with Crippen LogP contribution in [0.1, 0.15) is 162 Å². The summed E-state index contributed by atoms with van der Waals surface area (Å²) in [6.45, 7) is 4.39. The van der Waals surface area contributed by atoms with Gasteiger partial charge in [-0.3, -0.25) is 18.6 Å². The minimum atomic E-state index is -4.35. The van der Waals surface area contributed by atoms with Gasteiger partial charge in [0.05, 0.1) is 27.7 Å². The zero-order chi connectivity index (χ0) is 33.7. The molecule has 0 aliphatic rings. The lowest BCUT2D eigenvalue weighted by molar-refractivity contribution is -0.870. The number of carbonyl (C=O) groups is 2. The van der Waals surface area contributed by atoms with Crippen molar-refractivity contribution in [2.24, 2.45) is 0 Å². The third-order valence-electron chi connectivity index (χ3n) is 7.89. The summed E-state index contributed by atoms with van der Waals surface area (Å²) in [5.74, 6) is -0.796. The molecule has 0 saturated heterocycles. The van der Waals surface area contributed by atoms with Crippen molar-refractivity contribution in [3.63, 3.8) is 0 Å². The molecule has 0 saturated carbocycles. The second kappa shape index (κ2) is 29.2. The molecule has 0 heterocycles. The van der Waals surface area contributed by atoms with Crippen LogP contribution in [0.5, 0.6) is 0 Å². The van der Waals surface area contributed by atoms with Crippen LogP contribution in [0.25, 0.3) is 0 Å². The summed E-state index contributed by atoms with van der Waals surface area (Å²) in [6, 6.07) is 0. The third-order valence-corrected chi connectivity index (χ3v) is 8.87. The van der Waals surface area contributed by atoms with E-state index in [-0.39, 0.29) is 25.6 Å². The maximum Gasteiger partial charge on any atom is 0.472 e. The molecule has 1 N–H and O–H groups in total. The number of esters is 2. The molecule has 0 rings (SSSR count). The zero-order valence-electron chi connectivity index (χ0n) is 29.9. The summed E-state index contributed by atoms with van der Waals surface area (Å²) in [6.07, 6.45) is 24.4. The van der Waals surface area contributed by atoms with Gasteiger partial charge in [-0.1, -0.05) is 136 Å². The first-order chi connectivity index (χ1) is 21.5. The van der Waals surface area contributed by atoms with Crippen molar-refractivity contribution in [1.29, 1.82) is 0 Å². The van der Waals surface area contributed by atoms with E-state index in [0.29, 0.717) is 23.9 Å². The Kier molecular flexibility index (Phi) is 28.5. The highest BCUT2D eigenvalue weighted by atomic mass is 31.2. The van der Waals surface area contributed by atoms with Crippen LogP contribution in [0.3, 0.4) is 0 Å². The predicted octanol–water partition coefficient (Wildman–Crippen LogP) is 9.29. The average Bonchev–Trinajstić information content (AvgIpc) is 2.97. The van der Waals surface area contributed by atoms with Gasteiger partial charge in [0, 0.05) is 12.8 Å². The Bertz CT molecular complexity index is 758. The monoisotopic (exact) mass is 664 g/mol. The number of unbranched alkanes of at least 4 members (excludes halogenated alkanes) is 19. The standard InChI is InChI=1S/C35H70NO8P/c1-6-8-10-12-14-16-17-18-20-21-23-25-27-34(37)41-31-33(32-43-45(39,40)42-30-29-36(3,4)5)44-35(38)28-26-24-22-19-15-13-11-9-7-2/h33H,6-32H2,1-5H3/p+1/t33-/m1/s1. The Hall–Kier alpha value is -0.990. The molecule has 268 valence electrons. The summed E-state index contributed by atoms with van der Waals surface area (Å²) >= 11 is 0. The minimum Gasteiger partial charge on any atom is -0.462 e. The molecular weight excluding hydrogens is 593 g/mol. The van der Waals surface area contributed by atoms with E-state index in [0.717, 1.165) is 32.1 Å². The largest absolute Gasteiger partial charge is 0.472 e. The molecule has 0 fully saturated rings. The maximum absolute atomic E-state index is 12.5. The number of phosphoric acid groups is 1. The molecule has 45 heavy (non-hydrogen) atoms. The van der Waals surface area contributed by atoms with Gasteiger partial charge in [0.15, 0.2) is 6.10 Å². The van der Waals surface area contributed by atoms with Crippen LogP contribution in [0.2, 0.25) is 0 Å². The Morgan fingerprint density at radius 2 is 1.00 bits per heavy atom. The molecule has 0 spiro atoms. The highest BCUT2D eigenvalue weighted by Crippen LogP contribution is 2.43. The minimum absolute atomic E-state index is 0.0361. The number of hydrogen-bond acceptors (Lipinski definition) is 7. The van der Waals surface area contributed by atoms with Crippen LogP contribution in [0.4, 0.5) is 0 Å². The number of nitrogens with zero attached hydrogens (tertiary/aromatic N) is 1. The lowest BCUT2D eigenvalue weighted by Crippen LogP contribution is -2.37. The first kappa shape index (κ1) is 44.0. The Morgan fingerprint density at radius 3 is 1.42 bits per heavy atom. The summed E-state index contributed by atoms with van der Waals surface area (Å²) < 4.78 is 34.0. The molecule has 0 aromatic heterocycles. The van der Waals surface area contributed by atoms with Crippen molar-refractivity contribution < 1.29 is 42.1 Å². The highest BCUT2D eigenvalue weighted by Gasteiger charge is 2.27. The topological polar surface area (TPSA) is 108 Å². The molecule has 0 aliphatic carbocycles. The van der Waals surface area contributed by atoms with Crippen LogP contribution in [-0.4, -0.2) is 74.9 Å². The molecule has 0 aliphatic heterocycles. The van der Waals surface area contributed by atoms with Gasteiger partial charge in [0.2, 0.25) is 0 Å². The SMILES string of the molecule is CCCCCCCCCCCCCCC(=O)OC[C@H](COP(=O)(O)OCC[N+](C)(C)C)OC(=O)CCCCCCCCCCC. The van der Waals surface area contributed by atoms with Gasteiger partial charge in [-0.05, 0) is 12.8 Å². The maximum atomic E-state index is 12.5. The van der Waals surface area contributed by atoms with Crippen LogP contribution >= 0.6 is 7.82 Å². The molecule has 0 radical (unpaired) electrons. The fourth-order valence-corrected chi connectivity index (χ4v) is 5.70. The predicted molar refractivity (Wildman–Crippen MR) is 183 cm³/mol. The van der Waals surface area contributed by atoms with Gasteiger partial charge in [0.1, 0.15) is 19.8 Å². The first-order valence-corrected chi connectivity index (χ1v) is 19.8. The van der Waals surface area contributed by atoms with Crippen LogP contribution in [0.15, 0.2) is 0 Å². The van der Waals surface area contributed by atoms with Crippen molar-refractivity contribution in [2.75, 3.05) is 47.5 Å².